The van der Waals surface area contributed by atoms with Gasteiger partial charge in [-0.3, -0.25) is 9.59 Å². The molecule has 0 saturated carbocycles. The first-order chi connectivity index (χ1) is 14.7. The summed E-state index contributed by atoms with van der Waals surface area (Å²) in [7, 11) is -3.85. The highest BCUT2D eigenvalue weighted by Gasteiger charge is 2.21. The van der Waals surface area contributed by atoms with Gasteiger partial charge < -0.3 is 4.74 Å². The molecule has 1 N–H and O–H groups in total. The van der Waals surface area contributed by atoms with Crippen LogP contribution in [0.5, 0.6) is 0 Å². The second-order valence-electron chi connectivity index (χ2n) is 6.78. The van der Waals surface area contributed by atoms with Crippen LogP contribution < -0.4 is 4.72 Å². The molecule has 0 radical (unpaired) electrons. The summed E-state index contributed by atoms with van der Waals surface area (Å²) >= 11 is 0. The zero-order chi connectivity index (χ0) is 22.6. The third-order valence-electron chi connectivity index (χ3n) is 4.53. The number of sulfonamides is 1. The molecule has 0 aromatic heterocycles. The van der Waals surface area contributed by atoms with Crippen molar-refractivity contribution in [3.05, 3.63) is 77.9 Å². The van der Waals surface area contributed by atoms with E-state index in [0.29, 0.717) is 0 Å². The second kappa shape index (κ2) is 9.32. The summed E-state index contributed by atoms with van der Waals surface area (Å²) in [5, 5.41) is 1.65. The number of halogens is 2. The van der Waals surface area contributed by atoms with Crippen LogP contribution in [0.4, 0.5) is 8.78 Å². The normalized spacial score (nSPS) is 12.5. The van der Waals surface area contributed by atoms with E-state index >= 15 is 0 Å². The van der Waals surface area contributed by atoms with E-state index < -0.39 is 39.5 Å². The van der Waals surface area contributed by atoms with Crippen molar-refractivity contribution in [1.29, 1.82) is 0 Å². The lowest BCUT2D eigenvalue weighted by atomic mass is 10.1. The molecule has 0 aliphatic carbocycles. The minimum atomic E-state index is -3.85. The molecule has 0 aliphatic heterocycles. The van der Waals surface area contributed by atoms with Crippen LogP contribution in [0.2, 0.25) is 0 Å². The molecule has 6 nitrogen and oxygen atoms in total. The van der Waals surface area contributed by atoms with Gasteiger partial charge in [0.2, 0.25) is 15.8 Å². The number of carbonyl (C=O) groups excluding carboxylic acids is 2. The maximum atomic E-state index is 13.3. The van der Waals surface area contributed by atoms with Crippen LogP contribution in [0.15, 0.2) is 65.6 Å². The van der Waals surface area contributed by atoms with Gasteiger partial charge in [-0.15, -0.1) is 0 Å². The zero-order valence-electron chi connectivity index (χ0n) is 16.5. The molecular weight excluding hydrogens is 428 g/mol. The Morgan fingerprint density at radius 3 is 2.39 bits per heavy atom. The highest BCUT2D eigenvalue weighted by molar-refractivity contribution is 7.89. The van der Waals surface area contributed by atoms with Gasteiger partial charge in [0.25, 0.3) is 0 Å². The molecule has 0 fully saturated rings. The first kappa shape index (κ1) is 22.5. The van der Waals surface area contributed by atoms with Crippen molar-refractivity contribution in [2.24, 2.45) is 0 Å². The molecule has 0 saturated heterocycles. The van der Waals surface area contributed by atoms with Crippen LogP contribution in [0, 0.1) is 11.6 Å². The van der Waals surface area contributed by atoms with Crippen LogP contribution in [0.25, 0.3) is 10.8 Å². The second-order valence-corrected chi connectivity index (χ2v) is 8.55. The van der Waals surface area contributed by atoms with Gasteiger partial charge in [0.1, 0.15) is 0 Å². The number of ether oxygens (including phenoxy) is 1. The van der Waals surface area contributed by atoms with Gasteiger partial charge in [0.15, 0.2) is 17.7 Å². The lowest BCUT2D eigenvalue weighted by Crippen LogP contribution is -2.29. The van der Waals surface area contributed by atoms with Crippen molar-refractivity contribution >= 4 is 32.5 Å². The largest absolute Gasteiger partial charge is 0.454 e. The van der Waals surface area contributed by atoms with Gasteiger partial charge in [-0.2, -0.15) is 0 Å². The molecule has 0 heterocycles. The molecular formula is C22H19F2NO5S. The number of Topliss-reactive ketones (excluding diaryl/α,β-unsaturated/α-hetero) is 1. The van der Waals surface area contributed by atoms with E-state index in [1.165, 1.54) is 19.1 Å². The summed E-state index contributed by atoms with van der Waals surface area (Å²) in [6, 6.07) is 14.6. The van der Waals surface area contributed by atoms with E-state index in [-0.39, 0.29) is 23.4 Å². The molecule has 0 aliphatic rings. The van der Waals surface area contributed by atoms with E-state index in [1.54, 1.807) is 18.2 Å². The van der Waals surface area contributed by atoms with E-state index in [0.717, 1.165) is 29.0 Å². The molecule has 0 amide bonds. The Kier molecular flexibility index (Phi) is 6.77. The topological polar surface area (TPSA) is 89.5 Å². The fourth-order valence-electron chi connectivity index (χ4n) is 2.90. The standard InChI is InChI=1S/C22H19F2NO5S/c1-14(22(27)17-7-9-19(23)20(24)13-17)30-21(26)10-11-25-31(28,29)18-8-6-15-4-2-3-5-16(15)12-18/h2-9,12-14,25H,10-11H2,1H3. The third-order valence-corrected chi connectivity index (χ3v) is 5.99. The lowest BCUT2D eigenvalue weighted by molar-refractivity contribution is -0.146. The van der Waals surface area contributed by atoms with Crippen LogP contribution in [-0.4, -0.2) is 32.8 Å². The van der Waals surface area contributed by atoms with Gasteiger partial charge in [-0.25, -0.2) is 21.9 Å². The molecule has 1 unspecified atom stereocenters. The molecule has 9 heteroatoms. The van der Waals surface area contributed by atoms with Gasteiger partial charge in [-0.05, 0) is 48.0 Å². The van der Waals surface area contributed by atoms with Crippen molar-refractivity contribution in [3.8, 4) is 0 Å². The minimum absolute atomic E-state index is 0.0569. The molecule has 31 heavy (non-hydrogen) atoms. The fraction of sp³-hybridized carbons (Fsp3) is 0.182. The summed E-state index contributed by atoms with van der Waals surface area (Å²) in [6.45, 7) is 1.06. The maximum absolute atomic E-state index is 13.3. The lowest BCUT2D eigenvalue weighted by Gasteiger charge is -2.13. The number of benzene rings is 3. The van der Waals surface area contributed by atoms with E-state index in [4.69, 9.17) is 4.74 Å². The number of ketones is 1. The molecule has 0 bridgehead atoms. The summed E-state index contributed by atoms with van der Waals surface area (Å²) in [5.41, 5.74) is -0.142. The van der Waals surface area contributed by atoms with E-state index in [1.807, 2.05) is 12.1 Å². The molecule has 3 rings (SSSR count). The van der Waals surface area contributed by atoms with Gasteiger partial charge in [0, 0.05) is 12.1 Å². The Bertz CT molecular complexity index is 1240. The number of fused-ring (bicyclic) bond motifs is 1. The Balaban J connectivity index is 1.54. The monoisotopic (exact) mass is 447 g/mol. The smallest absolute Gasteiger partial charge is 0.307 e. The van der Waals surface area contributed by atoms with Crippen molar-refractivity contribution in [2.45, 2.75) is 24.3 Å². The Morgan fingerprint density at radius 1 is 0.968 bits per heavy atom. The third kappa shape index (κ3) is 5.50. The van der Waals surface area contributed by atoms with Crippen LogP contribution in [0.1, 0.15) is 23.7 Å². The summed E-state index contributed by atoms with van der Waals surface area (Å²) in [4.78, 5) is 24.2. The average Bonchev–Trinajstić information content (AvgIpc) is 2.74. The first-order valence-corrected chi connectivity index (χ1v) is 10.8. The van der Waals surface area contributed by atoms with Gasteiger partial charge in [0.05, 0.1) is 11.3 Å². The first-order valence-electron chi connectivity index (χ1n) is 9.34. The predicted molar refractivity (Wildman–Crippen MR) is 110 cm³/mol. The highest BCUT2D eigenvalue weighted by Crippen LogP contribution is 2.19. The number of hydrogen-bond donors (Lipinski definition) is 1. The SMILES string of the molecule is CC(OC(=O)CCNS(=O)(=O)c1ccc2ccccc2c1)C(=O)c1ccc(F)c(F)c1. The van der Waals surface area contributed by atoms with E-state index in [2.05, 4.69) is 4.72 Å². The molecule has 3 aromatic carbocycles. The van der Waals surface area contributed by atoms with Crippen molar-refractivity contribution in [2.75, 3.05) is 6.54 Å². The molecule has 0 spiro atoms. The Labute approximate surface area is 177 Å². The molecule has 3 aromatic rings. The highest BCUT2D eigenvalue weighted by atomic mass is 32.2. The predicted octanol–water partition coefficient (Wildman–Crippen LogP) is 3.60. The minimum Gasteiger partial charge on any atom is -0.454 e. The van der Waals surface area contributed by atoms with Gasteiger partial charge >= 0.3 is 5.97 Å². The van der Waals surface area contributed by atoms with Crippen molar-refractivity contribution < 1.29 is 31.5 Å². The van der Waals surface area contributed by atoms with Crippen LogP contribution >= 0.6 is 0 Å². The number of esters is 1. The Hall–Kier alpha value is -3.17. The zero-order valence-corrected chi connectivity index (χ0v) is 17.3. The maximum Gasteiger partial charge on any atom is 0.307 e. The number of nitrogens with one attached hydrogen (secondary N) is 1. The number of rotatable bonds is 8. The van der Waals surface area contributed by atoms with Gasteiger partial charge in [-0.1, -0.05) is 30.3 Å². The fourth-order valence-corrected chi connectivity index (χ4v) is 3.97. The summed E-state index contributed by atoms with van der Waals surface area (Å²) in [5.74, 6) is -3.80. The average molecular weight is 447 g/mol. The number of hydrogen-bond acceptors (Lipinski definition) is 5. The van der Waals surface area contributed by atoms with Crippen molar-refractivity contribution in [1.82, 2.24) is 4.72 Å². The molecule has 162 valence electrons. The summed E-state index contributed by atoms with van der Waals surface area (Å²) in [6.07, 6.45) is -1.56. The van der Waals surface area contributed by atoms with Crippen LogP contribution in [-0.2, 0) is 19.6 Å². The Morgan fingerprint density at radius 2 is 1.68 bits per heavy atom. The van der Waals surface area contributed by atoms with E-state index in [9.17, 15) is 26.8 Å². The number of carbonyl (C=O) groups is 2. The van der Waals surface area contributed by atoms with Crippen LogP contribution in [0.3, 0.4) is 0 Å². The summed E-state index contributed by atoms with van der Waals surface area (Å²) < 4.78 is 58.4. The quantitative estimate of drug-likeness (QED) is 0.421. The molecule has 1 atom stereocenters. The van der Waals surface area contributed by atoms with Crippen molar-refractivity contribution in [3.63, 3.8) is 0 Å².